The van der Waals surface area contributed by atoms with E-state index < -0.39 is 39.0 Å². The molecule has 3 rings (SSSR count). The van der Waals surface area contributed by atoms with Crippen LogP contribution in [-0.4, -0.2) is 47.0 Å². The van der Waals surface area contributed by atoms with Gasteiger partial charge in [0.2, 0.25) is 0 Å². The number of nitrogens with zero attached hydrogens (tertiary/aromatic N) is 1. The minimum absolute atomic E-state index is 0.00448. The number of rotatable bonds is 2. The van der Waals surface area contributed by atoms with Gasteiger partial charge in [0.05, 0.1) is 22.1 Å². The van der Waals surface area contributed by atoms with Gasteiger partial charge in [0.15, 0.2) is 9.84 Å². The summed E-state index contributed by atoms with van der Waals surface area (Å²) < 4.78 is 25.7. The minimum Gasteiger partial charge on any atom is -0.508 e. The van der Waals surface area contributed by atoms with Crippen LogP contribution in [0.1, 0.15) is 19.3 Å². The fourth-order valence-electron chi connectivity index (χ4n) is 3.27. The predicted molar refractivity (Wildman–Crippen MR) is 77.4 cm³/mol. The van der Waals surface area contributed by atoms with Gasteiger partial charge in [0.1, 0.15) is 5.75 Å². The quantitative estimate of drug-likeness (QED) is 0.679. The average molecular weight is 340 g/mol. The molecule has 0 bridgehead atoms. The Labute approximate surface area is 132 Å². The van der Waals surface area contributed by atoms with Crippen molar-refractivity contribution in [3.63, 3.8) is 0 Å². The second-order valence-corrected chi connectivity index (χ2v) is 7.91. The first-order chi connectivity index (χ1) is 10.8. The van der Waals surface area contributed by atoms with E-state index in [-0.39, 0.29) is 22.1 Å². The minimum atomic E-state index is -3.85. The van der Waals surface area contributed by atoms with Crippen LogP contribution in [0.4, 0.5) is 4.79 Å². The third-order valence-electron chi connectivity index (χ3n) is 4.39. The zero-order valence-corrected chi connectivity index (χ0v) is 12.9. The molecule has 0 spiro atoms. The maximum absolute atomic E-state index is 12.8. The highest BCUT2D eigenvalue weighted by Gasteiger charge is 2.50. The molecule has 1 saturated heterocycles. The summed E-state index contributed by atoms with van der Waals surface area (Å²) >= 11 is 0. The average Bonchev–Trinajstić information content (AvgIpc) is 2.52. The highest BCUT2D eigenvalue weighted by Crippen LogP contribution is 2.35. The lowest BCUT2D eigenvalue weighted by Gasteiger charge is -2.41. The standard InChI is InChI=1S/C14H16N2O6S/c17-8-3-1-4-9(7-8)23(21,22)11-6-2-5-10-12(11)15-14(19)16(20)13(10)18/h1,3-4,7,10-12,17,20H,2,5-6H2,(H,15,19). The summed E-state index contributed by atoms with van der Waals surface area (Å²) in [7, 11) is -3.85. The molecule has 8 nitrogen and oxygen atoms in total. The van der Waals surface area contributed by atoms with Crippen LogP contribution in [0, 0.1) is 5.92 Å². The molecule has 0 radical (unpaired) electrons. The second kappa shape index (κ2) is 5.50. The molecule has 124 valence electrons. The number of benzene rings is 1. The Balaban J connectivity index is 1.99. The van der Waals surface area contributed by atoms with Gasteiger partial charge in [0, 0.05) is 0 Å². The van der Waals surface area contributed by atoms with Gasteiger partial charge in [-0.1, -0.05) is 12.5 Å². The van der Waals surface area contributed by atoms with Crippen molar-refractivity contribution >= 4 is 21.8 Å². The molecule has 3 N–H and O–H groups in total. The lowest BCUT2D eigenvalue weighted by molar-refractivity contribution is -0.163. The van der Waals surface area contributed by atoms with E-state index in [2.05, 4.69) is 5.32 Å². The van der Waals surface area contributed by atoms with Gasteiger partial charge in [-0.25, -0.2) is 13.2 Å². The maximum atomic E-state index is 12.8. The smallest absolute Gasteiger partial charge is 0.348 e. The lowest BCUT2D eigenvalue weighted by atomic mass is 9.82. The number of hydrogen-bond acceptors (Lipinski definition) is 6. The highest BCUT2D eigenvalue weighted by molar-refractivity contribution is 7.92. The van der Waals surface area contributed by atoms with Gasteiger partial charge in [0.25, 0.3) is 5.91 Å². The monoisotopic (exact) mass is 340 g/mol. The number of carbonyl (C=O) groups is 2. The number of hydroxylamine groups is 2. The first-order valence-corrected chi connectivity index (χ1v) is 8.73. The van der Waals surface area contributed by atoms with Crippen LogP contribution in [0.15, 0.2) is 29.2 Å². The number of phenols is 1. The Morgan fingerprint density at radius 2 is 1.96 bits per heavy atom. The molecule has 0 aromatic heterocycles. The molecule has 1 aromatic carbocycles. The van der Waals surface area contributed by atoms with Crippen molar-refractivity contribution in [1.29, 1.82) is 0 Å². The van der Waals surface area contributed by atoms with Crippen LogP contribution in [0.5, 0.6) is 5.75 Å². The van der Waals surface area contributed by atoms with Crippen molar-refractivity contribution < 1.29 is 28.3 Å². The van der Waals surface area contributed by atoms with E-state index in [4.69, 9.17) is 0 Å². The summed E-state index contributed by atoms with van der Waals surface area (Å²) in [6.07, 6.45) is 1.17. The topological polar surface area (TPSA) is 124 Å². The summed E-state index contributed by atoms with van der Waals surface area (Å²) in [5, 5.41) is 20.4. The number of hydrogen-bond donors (Lipinski definition) is 3. The number of urea groups is 1. The van der Waals surface area contributed by atoms with Crippen LogP contribution in [0.25, 0.3) is 0 Å². The van der Waals surface area contributed by atoms with E-state index >= 15 is 0 Å². The third kappa shape index (κ3) is 2.55. The molecule has 1 aromatic rings. The zero-order chi connectivity index (χ0) is 16.8. The molecular formula is C14H16N2O6S. The summed E-state index contributed by atoms with van der Waals surface area (Å²) in [6, 6.07) is 3.38. The molecule has 2 aliphatic rings. The van der Waals surface area contributed by atoms with Gasteiger partial charge in [-0.15, -0.1) is 5.06 Å². The van der Waals surface area contributed by atoms with E-state index in [0.29, 0.717) is 12.8 Å². The Morgan fingerprint density at radius 1 is 1.22 bits per heavy atom. The summed E-state index contributed by atoms with van der Waals surface area (Å²) in [4.78, 5) is 23.6. The van der Waals surface area contributed by atoms with Crippen LogP contribution in [0.3, 0.4) is 0 Å². The van der Waals surface area contributed by atoms with Crippen molar-refractivity contribution in [3.05, 3.63) is 24.3 Å². The molecular weight excluding hydrogens is 324 g/mol. The normalized spacial score (nSPS) is 28.2. The van der Waals surface area contributed by atoms with Crippen molar-refractivity contribution in [2.24, 2.45) is 5.92 Å². The molecule has 1 aliphatic carbocycles. The SMILES string of the molecule is O=C1NC2C(CCCC2S(=O)(=O)c2cccc(O)c2)C(=O)N1O. The number of imide groups is 1. The molecule has 1 aliphatic heterocycles. The van der Waals surface area contributed by atoms with Crippen molar-refractivity contribution in [1.82, 2.24) is 10.4 Å². The Morgan fingerprint density at radius 3 is 2.65 bits per heavy atom. The van der Waals surface area contributed by atoms with Crippen LogP contribution < -0.4 is 5.32 Å². The van der Waals surface area contributed by atoms with Gasteiger partial charge in [-0.05, 0) is 31.0 Å². The van der Waals surface area contributed by atoms with E-state index in [0.717, 1.165) is 6.07 Å². The number of nitrogens with one attached hydrogen (secondary N) is 1. The molecule has 1 heterocycles. The van der Waals surface area contributed by atoms with Crippen molar-refractivity contribution in [2.45, 2.75) is 35.4 Å². The summed E-state index contributed by atoms with van der Waals surface area (Å²) in [6.45, 7) is 0. The molecule has 3 atom stereocenters. The van der Waals surface area contributed by atoms with E-state index in [1.807, 2.05) is 0 Å². The molecule has 1 saturated carbocycles. The van der Waals surface area contributed by atoms with Gasteiger partial charge >= 0.3 is 6.03 Å². The number of sulfone groups is 1. The maximum Gasteiger partial charge on any atom is 0.348 e. The predicted octanol–water partition coefficient (Wildman–Crippen LogP) is 0.644. The largest absolute Gasteiger partial charge is 0.508 e. The van der Waals surface area contributed by atoms with Crippen LogP contribution >= 0.6 is 0 Å². The zero-order valence-electron chi connectivity index (χ0n) is 12.0. The number of fused-ring (bicyclic) bond motifs is 1. The molecule has 3 amide bonds. The summed E-state index contributed by atoms with van der Waals surface area (Å²) in [5.41, 5.74) is 0. The number of carbonyl (C=O) groups excluding carboxylic acids is 2. The molecule has 2 fully saturated rings. The number of aromatic hydroxyl groups is 1. The first-order valence-electron chi connectivity index (χ1n) is 7.18. The van der Waals surface area contributed by atoms with E-state index in [1.165, 1.54) is 18.2 Å². The number of phenolic OH excluding ortho intramolecular Hbond substituents is 1. The Hall–Kier alpha value is -2.13. The van der Waals surface area contributed by atoms with E-state index in [1.54, 1.807) is 0 Å². The van der Waals surface area contributed by atoms with Crippen LogP contribution in [0.2, 0.25) is 0 Å². The molecule has 3 unspecified atom stereocenters. The van der Waals surface area contributed by atoms with Gasteiger partial charge in [-0.3, -0.25) is 10.0 Å². The summed E-state index contributed by atoms with van der Waals surface area (Å²) in [5.74, 6) is -1.73. The Kier molecular flexibility index (Phi) is 3.77. The fourth-order valence-corrected chi connectivity index (χ4v) is 5.30. The van der Waals surface area contributed by atoms with Gasteiger partial charge in [-0.2, -0.15) is 0 Å². The fraction of sp³-hybridized carbons (Fsp3) is 0.429. The first kappa shape index (κ1) is 15.8. The van der Waals surface area contributed by atoms with Crippen LogP contribution in [-0.2, 0) is 14.6 Å². The molecule has 23 heavy (non-hydrogen) atoms. The molecule has 9 heteroatoms. The van der Waals surface area contributed by atoms with Crippen molar-refractivity contribution in [2.75, 3.05) is 0 Å². The van der Waals surface area contributed by atoms with E-state index in [9.17, 15) is 28.3 Å². The highest BCUT2D eigenvalue weighted by atomic mass is 32.2. The van der Waals surface area contributed by atoms with Gasteiger partial charge < -0.3 is 10.4 Å². The second-order valence-electron chi connectivity index (χ2n) is 5.74. The lowest BCUT2D eigenvalue weighted by Crippen LogP contribution is -2.64. The van der Waals surface area contributed by atoms with Crippen molar-refractivity contribution in [3.8, 4) is 5.75 Å². The third-order valence-corrected chi connectivity index (χ3v) is 6.63. The number of amides is 3. The Bertz CT molecular complexity index is 762.